The van der Waals surface area contributed by atoms with Crippen LogP contribution in [-0.2, 0) is 11.3 Å². The molecule has 0 saturated carbocycles. The molecule has 5 heteroatoms. The van der Waals surface area contributed by atoms with E-state index >= 15 is 0 Å². The first-order valence-electron chi connectivity index (χ1n) is 7.58. The molecule has 1 N–H and O–H groups in total. The first-order chi connectivity index (χ1) is 10.2. The van der Waals surface area contributed by atoms with Crippen LogP contribution in [0.4, 0.5) is 4.39 Å². The first kappa shape index (κ1) is 16.7. The van der Waals surface area contributed by atoms with Crippen LogP contribution in [-0.4, -0.2) is 44.3 Å². The number of hydrogen-bond donors (Lipinski definition) is 1. The fourth-order valence-electron chi connectivity index (χ4n) is 2.83. The highest BCUT2D eigenvalue weighted by atomic mass is 35.5. The van der Waals surface area contributed by atoms with Gasteiger partial charge in [0.1, 0.15) is 5.82 Å². The van der Waals surface area contributed by atoms with E-state index in [1.807, 2.05) is 0 Å². The van der Waals surface area contributed by atoms with Crippen LogP contribution in [0.1, 0.15) is 24.8 Å². The van der Waals surface area contributed by atoms with Crippen LogP contribution in [0.2, 0.25) is 5.02 Å². The van der Waals surface area contributed by atoms with E-state index in [9.17, 15) is 4.39 Å². The maximum Gasteiger partial charge on any atom is 0.123 e. The molecule has 0 aromatic heterocycles. The number of piperidine rings is 1. The monoisotopic (exact) mass is 314 g/mol. The zero-order chi connectivity index (χ0) is 15.1. The molecule has 1 heterocycles. The molecule has 1 aromatic rings. The summed E-state index contributed by atoms with van der Waals surface area (Å²) in [4.78, 5) is 2.41. The highest BCUT2D eigenvalue weighted by Gasteiger charge is 2.22. The molecule has 0 bridgehead atoms. The quantitative estimate of drug-likeness (QED) is 0.783. The first-order valence-corrected chi connectivity index (χ1v) is 7.96. The lowest BCUT2D eigenvalue weighted by Crippen LogP contribution is -2.45. The Hall–Kier alpha value is -0.680. The smallest absolute Gasteiger partial charge is 0.123 e. The van der Waals surface area contributed by atoms with E-state index in [1.165, 1.54) is 25.3 Å². The number of methoxy groups -OCH3 is 1. The van der Waals surface area contributed by atoms with Gasteiger partial charge >= 0.3 is 0 Å². The average molecular weight is 315 g/mol. The molecule has 1 atom stereocenters. The van der Waals surface area contributed by atoms with Crippen molar-refractivity contribution in [3.8, 4) is 0 Å². The molecule has 118 valence electrons. The largest absolute Gasteiger partial charge is 0.383 e. The fourth-order valence-corrected chi connectivity index (χ4v) is 3.00. The fraction of sp³-hybridized carbons (Fsp3) is 0.625. The van der Waals surface area contributed by atoms with E-state index < -0.39 is 0 Å². The van der Waals surface area contributed by atoms with Gasteiger partial charge in [-0.25, -0.2) is 4.39 Å². The molecule has 2 rings (SSSR count). The van der Waals surface area contributed by atoms with Crippen molar-refractivity contribution < 1.29 is 9.13 Å². The van der Waals surface area contributed by atoms with Crippen LogP contribution < -0.4 is 5.32 Å². The molecule has 1 aliphatic rings. The van der Waals surface area contributed by atoms with Gasteiger partial charge in [0.05, 0.1) is 6.61 Å². The molecular formula is C16H24ClFN2O. The number of nitrogens with zero attached hydrogens (tertiary/aromatic N) is 1. The molecule has 3 nitrogen and oxygen atoms in total. The molecule has 1 aliphatic heterocycles. The van der Waals surface area contributed by atoms with Crippen LogP contribution in [0.25, 0.3) is 0 Å². The Morgan fingerprint density at radius 3 is 3.10 bits per heavy atom. The van der Waals surface area contributed by atoms with Gasteiger partial charge in [-0.15, -0.1) is 0 Å². The second-order valence-electron chi connectivity index (χ2n) is 5.55. The topological polar surface area (TPSA) is 24.5 Å². The molecule has 1 fully saturated rings. The second-order valence-corrected chi connectivity index (χ2v) is 5.96. The van der Waals surface area contributed by atoms with Crippen molar-refractivity contribution in [3.05, 3.63) is 34.6 Å². The van der Waals surface area contributed by atoms with E-state index in [2.05, 4.69) is 10.2 Å². The summed E-state index contributed by atoms with van der Waals surface area (Å²) in [6, 6.07) is 5.08. The number of nitrogens with one attached hydrogen (secondary N) is 1. The third-order valence-corrected chi connectivity index (χ3v) is 4.36. The summed E-state index contributed by atoms with van der Waals surface area (Å²) in [7, 11) is 1.71. The zero-order valence-electron chi connectivity index (χ0n) is 12.6. The molecule has 0 spiro atoms. The van der Waals surface area contributed by atoms with Crippen molar-refractivity contribution >= 4 is 11.6 Å². The summed E-state index contributed by atoms with van der Waals surface area (Å²) in [5.74, 6) is -0.221. The Kier molecular flexibility index (Phi) is 6.90. The van der Waals surface area contributed by atoms with Crippen molar-refractivity contribution in [1.29, 1.82) is 0 Å². The Morgan fingerprint density at radius 2 is 2.29 bits per heavy atom. The van der Waals surface area contributed by atoms with Crippen LogP contribution in [0, 0.1) is 5.82 Å². The Bertz CT molecular complexity index is 444. The maximum absolute atomic E-state index is 13.4. The highest BCUT2D eigenvalue weighted by molar-refractivity contribution is 6.31. The number of likely N-dealkylation sites (tertiary alicyclic amines) is 1. The van der Waals surface area contributed by atoms with Crippen LogP contribution in [0.15, 0.2) is 18.2 Å². The molecule has 1 saturated heterocycles. The second kappa shape index (κ2) is 8.69. The Balaban J connectivity index is 1.93. The predicted molar refractivity (Wildman–Crippen MR) is 84.2 cm³/mol. The van der Waals surface area contributed by atoms with E-state index in [1.54, 1.807) is 19.2 Å². The van der Waals surface area contributed by atoms with Gasteiger partial charge in [0.15, 0.2) is 0 Å². The summed E-state index contributed by atoms with van der Waals surface area (Å²) in [5, 5.41) is 4.07. The summed E-state index contributed by atoms with van der Waals surface area (Å²) in [5.41, 5.74) is 0.875. The van der Waals surface area contributed by atoms with E-state index in [0.717, 1.165) is 31.8 Å². The SMILES string of the molecule is COCCNCC1CCCCN1Cc1cc(F)ccc1Cl. The van der Waals surface area contributed by atoms with Crippen molar-refractivity contribution in [3.63, 3.8) is 0 Å². The highest BCUT2D eigenvalue weighted by Crippen LogP contribution is 2.23. The number of ether oxygens (including phenoxy) is 1. The van der Waals surface area contributed by atoms with E-state index in [-0.39, 0.29) is 5.82 Å². The van der Waals surface area contributed by atoms with Crippen molar-refractivity contribution in [2.24, 2.45) is 0 Å². The number of benzene rings is 1. The minimum atomic E-state index is -0.221. The molecule has 1 unspecified atom stereocenters. The zero-order valence-corrected chi connectivity index (χ0v) is 13.3. The number of hydrogen-bond acceptors (Lipinski definition) is 3. The minimum Gasteiger partial charge on any atom is -0.383 e. The summed E-state index contributed by atoms with van der Waals surface area (Å²) in [6.45, 7) is 4.29. The van der Waals surface area contributed by atoms with Crippen LogP contribution >= 0.6 is 11.6 Å². The molecule has 0 radical (unpaired) electrons. The van der Waals surface area contributed by atoms with Gasteiger partial charge < -0.3 is 10.1 Å². The third-order valence-electron chi connectivity index (χ3n) is 3.99. The van der Waals surface area contributed by atoms with Crippen LogP contribution in [0.3, 0.4) is 0 Å². The van der Waals surface area contributed by atoms with Gasteiger partial charge in [0, 0.05) is 37.8 Å². The van der Waals surface area contributed by atoms with Crippen molar-refractivity contribution in [2.45, 2.75) is 31.8 Å². The standard InChI is InChI=1S/C16H24ClFN2O/c1-21-9-7-19-11-15-4-2-3-8-20(15)12-13-10-14(18)5-6-16(13)17/h5-6,10,15,19H,2-4,7-9,11-12H2,1H3. The average Bonchev–Trinajstić information content (AvgIpc) is 2.49. The lowest BCUT2D eigenvalue weighted by Gasteiger charge is -2.36. The normalized spacial score (nSPS) is 19.9. The Morgan fingerprint density at radius 1 is 1.43 bits per heavy atom. The van der Waals surface area contributed by atoms with Crippen molar-refractivity contribution in [2.75, 3.05) is 33.4 Å². The Labute approximate surface area is 131 Å². The van der Waals surface area contributed by atoms with E-state index in [4.69, 9.17) is 16.3 Å². The summed E-state index contributed by atoms with van der Waals surface area (Å²) in [6.07, 6.45) is 3.62. The minimum absolute atomic E-state index is 0.221. The van der Waals surface area contributed by atoms with Gasteiger partial charge in [-0.3, -0.25) is 4.90 Å². The molecule has 1 aromatic carbocycles. The van der Waals surface area contributed by atoms with E-state index in [0.29, 0.717) is 17.6 Å². The molecular weight excluding hydrogens is 291 g/mol. The predicted octanol–water partition coefficient (Wildman–Crippen LogP) is 3.07. The van der Waals surface area contributed by atoms with Gasteiger partial charge in [-0.05, 0) is 43.1 Å². The summed E-state index contributed by atoms with van der Waals surface area (Å²) >= 11 is 6.18. The van der Waals surface area contributed by atoms with Crippen LogP contribution in [0.5, 0.6) is 0 Å². The maximum atomic E-state index is 13.4. The molecule has 21 heavy (non-hydrogen) atoms. The van der Waals surface area contributed by atoms with Gasteiger partial charge in [0.25, 0.3) is 0 Å². The molecule has 0 aliphatic carbocycles. The van der Waals surface area contributed by atoms with Gasteiger partial charge in [-0.2, -0.15) is 0 Å². The van der Waals surface area contributed by atoms with Gasteiger partial charge in [0.2, 0.25) is 0 Å². The molecule has 0 amide bonds. The lowest BCUT2D eigenvalue weighted by atomic mass is 10.0. The summed E-state index contributed by atoms with van der Waals surface area (Å²) < 4.78 is 18.4. The number of halogens is 2. The third kappa shape index (κ3) is 5.22. The van der Waals surface area contributed by atoms with Gasteiger partial charge in [-0.1, -0.05) is 18.0 Å². The lowest BCUT2D eigenvalue weighted by molar-refractivity contribution is 0.133. The number of rotatable bonds is 7. The van der Waals surface area contributed by atoms with Crippen molar-refractivity contribution in [1.82, 2.24) is 10.2 Å².